The summed E-state index contributed by atoms with van der Waals surface area (Å²) in [7, 11) is 0. The molecule has 1 nitrogen and oxygen atoms in total. The van der Waals surface area contributed by atoms with Gasteiger partial charge in [-0.05, 0) is 18.6 Å². The molecule has 0 saturated heterocycles. The van der Waals surface area contributed by atoms with E-state index in [1.54, 1.807) is 0 Å². The molecule has 0 bridgehead atoms. The van der Waals surface area contributed by atoms with E-state index in [1.807, 2.05) is 12.1 Å². The molecule has 49 valence electrons. The fourth-order valence-electron chi connectivity index (χ4n) is 0.508. The second-order valence-electron chi connectivity index (χ2n) is 1.72. The summed E-state index contributed by atoms with van der Waals surface area (Å²) < 4.78 is 5.28. The lowest BCUT2D eigenvalue weighted by Crippen LogP contribution is -1.91. The van der Waals surface area contributed by atoms with Crippen molar-refractivity contribution in [1.29, 1.82) is 0 Å². The molecule has 0 unspecified atom stereocenters. The Morgan fingerprint density at radius 2 is 2.67 bits per heavy atom. The number of hydrogen-bond donors (Lipinski definition) is 0. The van der Waals surface area contributed by atoms with Crippen LogP contribution in [0.3, 0.4) is 0 Å². The van der Waals surface area contributed by atoms with Crippen LogP contribution in [0.15, 0.2) is 12.1 Å². The summed E-state index contributed by atoms with van der Waals surface area (Å²) >= 11 is 1.52. The van der Waals surface area contributed by atoms with Gasteiger partial charge in [-0.2, -0.15) is 0 Å². The molecule has 0 saturated carbocycles. The average Bonchev–Trinajstić information content (AvgIpc) is 2.34. The molecule has 0 aliphatic carbocycles. The average molecular weight is 141 g/mol. The van der Waals surface area contributed by atoms with E-state index in [-0.39, 0.29) is 0 Å². The van der Waals surface area contributed by atoms with Crippen LogP contribution in [-0.2, 0) is 0 Å². The quantitative estimate of drug-likeness (QED) is 0.627. The second-order valence-corrected chi connectivity index (χ2v) is 2.56. The number of ether oxygens (including phenoxy) is 1. The van der Waals surface area contributed by atoms with Crippen molar-refractivity contribution in [2.24, 2.45) is 0 Å². The van der Waals surface area contributed by atoms with Gasteiger partial charge in [-0.3, -0.25) is 0 Å². The minimum absolute atomic E-state index is 0.814. The molecule has 0 spiro atoms. The zero-order valence-electron chi connectivity index (χ0n) is 5.39. The predicted molar refractivity (Wildman–Crippen MR) is 38.9 cm³/mol. The van der Waals surface area contributed by atoms with Gasteiger partial charge in [-0.15, -0.1) is 0 Å². The van der Waals surface area contributed by atoms with Crippen molar-refractivity contribution in [2.75, 3.05) is 6.61 Å². The van der Waals surface area contributed by atoms with E-state index in [2.05, 4.69) is 12.3 Å². The highest BCUT2D eigenvalue weighted by Gasteiger charge is 1.89. The highest BCUT2D eigenvalue weighted by molar-refractivity contribution is 7.11. The molecule has 1 radical (unpaired) electrons. The maximum absolute atomic E-state index is 5.28. The Hall–Kier alpha value is -0.500. The summed E-state index contributed by atoms with van der Waals surface area (Å²) in [5, 5.41) is 3.92. The molecule has 0 N–H and O–H groups in total. The van der Waals surface area contributed by atoms with E-state index in [4.69, 9.17) is 4.74 Å². The molecule has 1 aromatic rings. The molecule has 0 aromatic carbocycles. The lowest BCUT2D eigenvalue weighted by atomic mass is 10.5. The van der Waals surface area contributed by atoms with Crippen LogP contribution in [0.25, 0.3) is 0 Å². The molecule has 0 aliphatic heterocycles. The normalized spacial score (nSPS) is 9.44. The predicted octanol–water partition coefficient (Wildman–Crippen LogP) is 2.34. The molecule has 9 heavy (non-hydrogen) atoms. The maximum Gasteiger partial charge on any atom is 0.174 e. The first kappa shape index (κ1) is 6.62. The maximum atomic E-state index is 5.28. The number of hydrogen-bond acceptors (Lipinski definition) is 2. The third-order valence-electron chi connectivity index (χ3n) is 0.895. The molecule has 1 heterocycles. The first-order valence-electron chi connectivity index (χ1n) is 3.02. The Labute approximate surface area is 59.3 Å². The summed E-state index contributed by atoms with van der Waals surface area (Å²) in [6, 6.07) is 3.80. The van der Waals surface area contributed by atoms with Gasteiger partial charge in [0.25, 0.3) is 0 Å². The molecule has 1 rings (SSSR count). The molecule has 0 amide bonds. The van der Waals surface area contributed by atoms with Gasteiger partial charge in [0.05, 0.1) is 6.61 Å². The van der Waals surface area contributed by atoms with Gasteiger partial charge >= 0.3 is 0 Å². The third-order valence-corrected chi connectivity index (χ3v) is 1.60. The Kier molecular flexibility index (Phi) is 2.58. The fraction of sp³-hybridized carbons (Fsp3) is 0.429. The van der Waals surface area contributed by atoms with Crippen LogP contribution in [0.5, 0.6) is 5.06 Å². The summed E-state index contributed by atoms with van der Waals surface area (Å²) in [6.07, 6.45) is 1.07. The van der Waals surface area contributed by atoms with Gasteiger partial charge in [0.2, 0.25) is 0 Å². The van der Waals surface area contributed by atoms with Crippen LogP contribution in [0.2, 0.25) is 0 Å². The minimum Gasteiger partial charge on any atom is -0.484 e. The van der Waals surface area contributed by atoms with Crippen molar-refractivity contribution in [3.63, 3.8) is 0 Å². The van der Waals surface area contributed by atoms with Crippen molar-refractivity contribution in [3.8, 4) is 5.06 Å². The van der Waals surface area contributed by atoms with Gasteiger partial charge in [0.1, 0.15) is 0 Å². The van der Waals surface area contributed by atoms with Crippen LogP contribution in [0.4, 0.5) is 0 Å². The van der Waals surface area contributed by atoms with E-state index >= 15 is 0 Å². The van der Waals surface area contributed by atoms with Crippen LogP contribution >= 0.6 is 11.3 Å². The standard InChI is InChI=1S/C7H9OS/c1-2-5-8-7-4-3-6-9-7/h3-4H,2,5H2,1H3. The summed E-state index contributed by atoms with van der Waals surface area (Å²) in [4.78, 5) is 0. The Bertz CT molecular complexity index is 146. The van der Waals surface area contributed by atoms with Crippen LogP contribution in [0.1, 0.15) is 13.3 Å². The van der Waals surface area contributed by atoms with Crippen molar-refractivity contribution in [3.05, 3.63) is 17.5 Å². The van der Waals surface area contributed by atoms with Crippen LogP contribution < -0.4 is 4.74 Å². The topological polar surface area (TPSA) is 9.23 Å². The number of thiophene rings is 1. The smallest absolute Gasteiger partial charge is 0.174 e. The molecule has 0 aliphatic rings. The van der Waals surface area contributed by atoms with Crippen molar-refractivity contribution in [1.82, 2.24) is 0 Å². The molecular weight excluding hydrogens is 132 g/mol. The van der Waals surface area contributed by atoms with E-state index < -0.39 is 0 Å². The Balaban J connectivity index is 2.30. The molecular formula is C7H9OS. The Morgan fingerprint density at radius 1 is 1.78 bits per heavy atom. The lowest BCUT2D eigenvalue weighted by Gasteiger charge is -1.97. The van der Waals surface area contributed by atoms with Gasteiger partial charge < -0.3 is 4.74 Å². The molecule has 0 atom stereocenters. The lowest BCUT2D eigenvalue weighted by molar-refractivity contribution is 0.326. The first-order chi connectivity index (χ1) is 4.43. The highest BCUT2D eigenvalue weighted by atomic mass is 32.1. The zero-order valence-corrected chi connectivity index (χ0v) is 6.20. The Morgan fingerprint density at radius 3 is 3.22 bits per heavy atom. The monoisotopic (exact) mass is 141 g/mol. The molecule has 1 aromatic heterocycles. The third kappa shape index (κ3) is 2.06. The first-order valence-corrected chi connectivity index (χ1v) is 3.84. The van der Waals surface area contributed by atoms with Gasteiger partial charge in [0.15, 0.2) is 5.06 Å². The summed E-state index contributed by atoms with van der Waals surface area (Å²) in [5.41, 5.74) is 0. The largest absolute Gasteiger partial charge is 0.484 e. The van der Waals surface area contributed by atoms with Crippen molar-refractivity contribution >= 4 is 11.3 Å². The van der Waals surface area contributed by atoms with E-state index in [0.717, 1.165) is 18.1 Å². The van der Waals surface area contributed by atoms with Crippen LogP contribution in [0, 0.1) is 5.38 Å². The van der Waals surface area contributed by atoms with Gasteiger partial charge in [-0.1, -0.05) is 18.3 Å². The zero-order chi connectivity index (χ0) is 6.53. The molecule has 2 heteroatoms. The highest BCUT2D eigenvalue weighted by Crippen LogP contribution is 2.17. The minimum atomic E-state index is 0.814. The van der Waals surface area contributed by atoms with Crippen molar-refractivity contribution in [2.45, 2.75) is 13.3 Å². The van der Waals surface area contributed by atoms with Gasteiger partial charge in [0, 0.05) is 5.38 Å². The van der Waals surface area contributed by atoms with Crippen LogP contribution in [-0.4, -0.2) is 6.61 Å². The van der Waals surface area contributed by atoms with E-state index in [0.29, 0.717) is 0 Å². The van der Waals surface area contributed by atoms with E-state index in [1.165, 1.54) is 11.3 Å². The summed E-state index contributed by atoms with van der Waals surface area (Å²) in [6.45, 7) is 2.91. The SMILES string of the molecule is CCCOc1cc[c]s1. The van der Waals surface area contributed by atoms with E-state index in [9.17, 15) is 0 Å². The second kappa shape index (κ2) is 3.51. The van der Waals surface area contributed by atoms with Crippen molar-refractivity contribution < 1.29 is 4.74 Å². The number of rotatable bonds is 3. The van der Waals surface area contributed by atoms with Gasteiger partial charge in [-0.25, -0.2) is 0 Å². The summed E-state index contributed by atoms with van der Waals surface area (Å²) in [5.74, 6) is 0. The fourth-order valence-corrected chi connectivity index (χ4v) is 1.04. The molecule has 0 fully saturated rings.